The number of amides is 1. The summed E-state index contributed by atoms with van der Waals surface area (Å²) < 4.78 is 5.95. The Labute approximate surface area is 103 Å². The molecule has 1 spiro atoms. The normalized spacial score (nSPS) is 30.5. The van der Waals surface area contributed by atoms with Gasteiger partial charge < -0.3 is 15.0 Å². The molecule has 5 heteroatoms. The first kappa shape index (κ1) is 12.8. The van der Waals surface area contributed by atoms with Crippen molar-refractivity contribution in [3.63, 3.8) is 0 Å². The first-order chi connectivity index (χ1) is 8.11. The Morgan fingerprint density at radius 3 is 3.00 bits per heavy atom. The molecule has 5 nitrogen and oxygen atoms in total. The lowest BCUT2D eigenvalue weighted by atomic mass is 9.91. The zero-order chi connectivity index (χ0) is 12.3. The largest absolute Gasteiger partial charge is 0.371 e. The first-order valence-electron chi connectivity index (χ1n) is 6.38. The van der Waals surface area contributed by atoms with Gasteiger partial charge in [-0.1, -0.05) is 0 Å². The molecule has 98 valence electrons. The van der Waals surface area contributed by atoms with Gasteiger partial charge in [0.25, 0.3) is 0 Å². The van der Waals surface area contributed by atoms with Crippen LogP contribution >= 0.6 is 0 Å². The van der Waals surface area contributed by atoms with Crippen LogP contribution in [0, 0.1) is 0 Å². The average Bonchev–Trinajstić information content (AvgIpc) is 2.30. The summed E-state index contributed by atoms with van der Waals surface area (Å²) in [5.41, 5.74) is -0.0525. The third kappa shape index (κ3) is 3.18. The minimum atomic E-state index is -0.0525. The Morgan fingerprint density at radius 2 is 2.35 bits per heavy atom. The lowest BCUT2D eigenvalue weighted by Gasteiger charge is -2.45. The number of ether oxygens (including phenoxy) is 1. The maximum Gasteiger partial charge on any atom is 0.236 e. The molecule has 1 amide bonds. The summed E-state index contributed by atoms with van der Waals surface area (Å²) in [6.07, 6.45) is 2.22. The highest BCUT2D eigenvalue weighted by molar-refractivity contribution is 5.77. The van der Waals surface area contributed by atoms with E-state index in [1.807, 2.05) is 0 Å². The molecule has 0 bridgehead atoms. The van der Waals surface area contributed by atoms with Gasteiger partial charge in [-0.25, -0.2) is 0 Å². The molecule has 17 heavy (non-hydrogen) atoms. The second kappa shape index (κ2) is 5.33. The van der Waals surface area contributed by atoms with Crippen LogP contribution in [0.2, 0.25) is 0 Å². The van der Waals surface area contributed by atoms with E-state index in [0.717, 1.165) is 45.6 Å². The van der Waals surface area contributed by atoms with Crippen molar-refractivity contribution in [1.82, 2.24) is 15.1 Å². The standard InChI is InChI=1S/C12H23N3O2/c1-14(2)11(16)8-15-6-3-4-12(10-15)9-13-5-7-17-12/h13H,3-10H2,1-2H3/t12-/m1/s1. The number of carbonyl (C=O) groups is 1. The Kier molecular flexibility index (Phi) is 4.01. The maximum atomic E-state index is 11.7. The van der Waals surface area contributed by atoms with Crippen molar-refractivity contribution in [3.8, 4) is 0 Å². The van der Waals surface area contributed by atoms with Gasteiger partial charge in [0.15, 0.2) is 0 Å². The third-order valence-electron chi connectivity index (χ3n) is 3.61. The number of nitrogens with one attached hydrogen (secondary N) is 1. The Balaban J connectivity index is 1.90. The van der Waals surface area contributed by atoms with Crippen LogP contribution in [-0.2, 0) is 9.53 Å². The third-order valence-corrected chi connectivity index (χ3v) is 3.61. The van der Waals surface area contributed by atoms with Crippen LogP contribution in [0.25, 0.3) is 0 Å². The topological polar surface area (TPSA) is 44.8 Å². The lowest BCUT2D eigenvalue weighted by Crippen LogP contribution is -2.59. The number of nitrogens with zero attached hydrogens (tertiary/aromatic N) is 2. The van der Waals surface area contributed by atoms with Crippen molar-refractivity contribution in [1.29, 1.82) is 0 Å². The molecular weight excluding hydrogens is 218 g/mol. The average molecular weight is 241 g/mol. The van der Waals surface area contributed by atoms with E-state index in [1.54, 1.807) is 19.0 Å². The van der Waals surface area contributed by atoms with Gasteiger partial charge in [0.2, 0.25) is 5.91 Å². The van der Waals surface area contributed by atoms with Crippen molar-refractivity contribution in [2.75, 3.05) is 53.4 Å². The van der Waals surface area contributed by atoms with Crippen molar-refractivity contribution in [2.45, 2.75) is 18.4 Å². The number of carbonyl (C=O) groups excluding carboxylic acids is 1. The predicted octanol–water partition coefficient (Wildman–Crippen LogP) is -0.471. The summed E-state index contributed by atoms with van der Waals surface area (Å²) >= 11 is 0. The van der Waals surface area contributed by atoms with Gasteiger partial charge >= 0.3 is 0 Å². The molecule has 1 N–H and O–H groups in total. The highest BCUT2D eigenvalue weighted by Gasteiger charge is 2.38. The molecule has 2 aliphatic heterocycles. The van der Waals surface area contributed by atoms with E-state index in [4.69, 9.17) is 4.74 Å². The van der Waals surface area contributed by atoms with E-state index >= 15 is 0 Å². The van der Waals surface area contributed by atoms with Gasteiger partial charge in [-0.05, 0) is 19.4 Å². The van der Waals surface area contributed by atoms with Gasteiger partial charge in [-0.2, -0.15) is 0 Å². The van der Waals surface area contributed by atoms with E-state index in [-0.39, 0.29) is 11.5 Å². The Morgan fingerprint density at radius 1 is 1.53 bits per heavy atom. The highest BCUT2D eigenvalue weighted by Crippen LogP contribution is 2.26. The smallest absolute Gasteiger partial charge is 0.236 e. The molecule has 2 rings (SSSR count). The summed E-state index contributed by atoms with van der Waals surface area (Å²) in [5.74, 6) is 0.172. The van der Waals surface area contributed by atoms with E-state index in [0.29, 0.717) is 6.54 Å². The lowest BCUT2D eigenvalue weighted by molar-refractivity contribution is -0.135. The zero-order valence-corrected chi connectivity index (χ0v) is 10.9. The molecule has 0 aromatic rings. The zero-order valence-electron chi connectivity index (χ0n) is 10.9. The van der Waals surface area contributed by atoms with Gasteiger partial charge in [0.1, 0.15) is 0 Å². The minimum absolute atomic E-state index is 0.0525. The monoisotopic (exact) mass is 241 g/mol. The molecule has 0 aliphatic carbocycles. The molecule has 0 radical (unpaired) electrons. The fourth-order valence-corrected chi connectivity index (χ4v) is 2.63. The van der Waals surface area contributed by atoms with Gasteiger partial charge in [-0.3, -0.25) is 9.69 Å². The fourth-order valence-electron chi connectivity index (χ4n) is 2.63. The molecule has 0 aromatic heterocycles. The minimum Gasteiger partial charge on any atom is -0.371 e. The summed E-state index contributed by atoms with van der Waals surface area (Å²) in [7, 11) is 3.61. The van der Waals surface area contributed by atoms with E-state index in [9.17, 15) is 4.79 Å². The number of rotatable bonds is 2. The Hall–Kier alpha value is -0.650. The predicted molar refractivity (Wildman–Crippen MR) is 65.9 cm³/mol. The summed E-state index contributed by atoms with van der Waals surface area (Å²) in [6, 6.07) is 0. The number of likely N-dealkylation sites (tertiary alicyclic amines) is 1. The summed E-state index contributed by atoms with van der Waals surface area (Å²) in [6.45, 7) is 5.04. The van der Waals surface area contributed by atoms with E-state index in [2.05, 4.69) is 10.2 Å². The molecule has 0 aromatic carbocycles. The van der Waals surface area contributed by atoms with Crippen LogP contribution in [0.3, 0.4) is 0 Å². The molecular formula is C12H23N3O2. The fraction of sp³-hybridized carbons (Fsp3) is 0.917. The van der Waals surface area contributed by atoms with Crippen molar-refractivity contribution >= 4 is 5.91 Å². The summed E-state index contributed by atoms with van der Waals surface area (Å²) in [5, 5.41) is 3.39. The molecule has 2 fully saturated rings. The van der Waals surface area contributed by atoms with Crippen LogP contribution in [0.4, 0.5) is 0 Å². The van der Waals surface area contributed by atoms with Gasteiger partial charge in [0, 0.05) is 33.7 Å². The van der Waals surface area contributed by atoms with E-state index < -0.39 is 0 Å². The second-order valence-electron chi connectivity index (χ2n) is 5.31. The number of hydrogen-bond acceptors (Lipinski definition) is 4. The van der Waals surface area contributed by atoms with Crippen molar-refractivity contribution in [2.24, 2.45) is 0 Å². The molecule has 1 atom stereocenters. The SMILES string of the molecule is CN(C)C(=O)CN1CCC[C@@]2(CNCCO2)C1. The molecule has 2 heterocycles. The first-order valence-corrected chi connectivity index (χ1v) is 6.38. The Bertz CT molecular complexity index is 269. The highest BCUT2D eigenvalue weighted by atomic mass is 16.5. The van der Waals surface area contributed by atoms with Crippen LogP contribution in [0.5, 0.6) is 0 Å². The van der Waals surface area contributed by atoms with Crippen LogP contribution < -0.4 is 5.32 Å². The van der Waals surface area contributed by atoms with Crippen molar-refractivity contribution in [3.05, 3.63) is 0 Å². The number of likely N-dealkylation sites (N-methyl/N-ethyl adjacent to an activating group) is 1. The summed E-state index contributed by atoms with van der Waals surface area (Å²) in [4.78, 5) is 15.6. The molecule has 2 saturated heterocycles. The quantitative estimate of drug-likeness (QED) is 0.710. The molecule has 0 unspecified atom stereocenters. The van der Waals surface area contributed by atoms with Crippen molar-refractivity contribution < 1.29 is 9.53 Å². The second-order valence-corrected chi connectivity index (χ2v) is 5.31. The van der Waals surface area contributed by atoms with Crippen LogP contribution in [0.1, 0.15) is 12.8 Å². The molecule has 2 aliphatic rings. The number of piperidine rings is 1. The van der Waals surface area contributed by atoms with Gasteiger partial charge in [-0.15, -0.1) is 0 Å². The molecule has 0 saturated carbocycles. The van der Waals surface area contributed by atoms with Gasteiger partial charge in [0.05, 0.1) is 18.8 Å². The van der Waals surface area contributed by atoms with E-state index in [1.165, 1.54) is 0 Å². The van der Waals surface area contributed by atoms with Crippen LogP contribution in [-0.4, -0.2) is 74.7 Å². The number of hydrogen-bond donors (Lipinski definition) is 1. The van der Waals surface area contributed by atoms with Crippen LogP contribution in [0.15, 0.2) is 0 Å². The maximum absolute atomic E-state index is 11.7. The number of morpholine rings is 1.